The summed E-state index contributed by atoms with van der Waals surface area (Å²) in [5.41, 5.74) is 5.77. The van der Waals surface area contributed by atoms with Crippen molar-refractivity contribution in [3.05, 3.63) is 0 Å². The molecular formula is C13H24N2O2. The number of carbonyl (C=O) groups excluding carboxylic acids is 1. The van der Waals surface area contributed by atoms with Crippen molar-refractivity contribution in [3.8, 4) is 0 Å². The first kappa shape index (κ1) is 12.7. The predicted molar refractivity (Wildman–Crippen MR) is 66.7 cm³/mol. The molecule has 0 bridgehead atoms. The maximum Gasteiger partial charge on any atom is 0.409 e. The van der Waals surface area contributed by atoms with E-state index < -0.39 is 0 Å². The van der Waals surface area contributed by atoms with Crippen LogP contribution in [0.2, 0.25) is 0 Å². The van der Waals surface area contributed by atoms with Gasteiger partial charge in [0.15, 0.2) is 0 Å². The zero-order valence-corrected chi connectivity index (χ0v) is 10.6. The van der Waals surface area contributed by atoms with Crippen LogP contribution in [0.5, 0.6) is 0 Å². The van der Waals surface area contributed by atoms with Gasteiger partial charge in [0.2, 0.25) is 0 Å². The van der Waals surface area contributed by atoms with E-state index in [0.29, 0.717) is 18.4 Å². The second-order valence-corrected chi connectivity index (χ2v) is 5.31. The number of carbonyl (C=O) groups is 1. The van der Waals surface area contributed by atoms with Gasteiger partial charge in [0.25, 0.3) is 0 Å². The molecule has 1 saturated heterocycles. The standard InChI is InChI=1S/C13H24N2O2/c14-9-11-5-1-2-6-12(11)10-17-13(16)15-7-3-4-8-15/h11-12H,1-10,14H2. The Balaban J connectivity index is 1.74. The molecule has 1 saturated carbocycles. The first-order chi connectivity index (χ1) is 8.31. The molecule has 17 heavy (non-hydrogen) atoms. The Labute approximate surface area is 103 Å². The molecule has 0 aromatic carbocycles. The van der Waals surface area contributed by atoms with E-state index in [2.05, 4.69) is 0 Å². The van der Waals surface area contributed by atoms with Crippen LogP contribution in [-0.4, -0.2) is 37.2 Å². The number of hydrogen-bond donors (Lipinski definition) is 1. The van der Waals surface area contributed by atoms with Gasteiger partial charge in [-0.05, 0) is 44.1 Å². The zero-order chi connectivity index (χ0) is 12.1. The van der Waals surface area contributed by atoms with Crippen LogP contribution in [0.4, 0.5) is 4.79 Å². The van der Waals surface area contributed by atoms with Crippen molar-refractivity contribution in [2.75, 3.05) is 26.2 Å². The van der Waals surface area contributed by atoms with Gasteiger partial charge in [-0.1, -0.05) is 12.8 Å². The van der Waals surface area contributed by atoms with Crippen molar-refractivity contribution in [1.82, 2.24) is 4.90 Å². The van der Waals surface area contributed by atoms with E-state index >= 15 is 0 Å². The van der Waals surface area contributed by atoms with E-state index in [4.69, 9.17) is 10.5 Å². The van der Waals surface area contributed by atoms with Crippen LogP contribution in [-0.2, 0) is 4.74 Å². The molecule has 0 aromatic heterocycles. The highest BCUT2D eigenvalue weighted by molar-refractivity contribution is 5.67. The summed E-state index contributed by atoms with van der Waals surface area (Å²) in [4.78, 5) is 13.6. The van der Waals surface area contributed by atoms with Crippen LogP contribution in [0.3, 0.4) is 0 Å². The maximum atomic E-state index is 11.8. The van der Waals surface area contributed by atoms with Gasteiger partial charge in [-0.25, -0.2) is 4.79 Å². The van der Waals surface area contributed by atoms with Crippen molar-refractivity contribution in [2.24, 2.45) is 17.6 Å². The SMILES string of the molecule is NCC1CCCCC1COC(=O)N1CCCC1. The smallest absolute Gasteiger partial charge is 0.409 e. The van der Waals surface area contributed by atoms with E-state index in [-0.39, 0.29) is 6.09 Å². The second-order valence-electron chi connectivity index (χ2n) is 5.31. The van der Waals surface area contributed by atoms with Crippen molar-refractivity contribution in [3.63, 3.8) is 0 Å². The normalized spacial score (nSPS) is 29.4. The second kappa shape index (κ2) is 6.24. The molecule has 1 aliphatic heterocycles. The lowest BCUT2D eigenvalue weighted by Gasteiger charge is -2.30. The van der Waals surface area contributed by atoms with Gasteiger partial charge in [-0.2, -0.15) is 0 Å². The Hall–Kier alpha value is -0.770. The summed E-state index contributed by atoms with van der Waals surface area (Å²) in [5.74, 6) is 1.04. The van der Waals surface area contributed by atoms with Gasteiger partial charge in [0, 0.05) is 13.1 Å². The molecule has 1 heterocycles. The minimum atomic E-state index is -0.121. The number of amides is 1. The Bertz CT molecular complexity index is 252. The number of likely N-dealkylation sites (tertiary alicyclic amines) is 1. The monoisotopic (exact) mass is 240 g/mol. The molecule has 2 aliphatic rings. The van der Waals surface area contributed by atoms with Gasteiger partial charge in [-0.3, -0.25) is 0 Å². The van der Waals surface area contributed by atoms with Crippen LogP contribution in [0.1, 0.15) is 38.5 Å². The summed E-state index contributed by atoms with van der Waals surface area (Å²) < 4.78 is 5.43. The highest BCUT2D eigenvalue weighted by Gasteiger charge is 2.26. The third-order valence-electron chi connectivity index (χ3n) is 4.15. The van der Waals surface area contributed by atoms with E-state index in [1.165, 1.54) is 19.3 Å². The van der Waals surface area contributed by atoms with E-state index in [0.717, 1.165) is 38.9 Å². The van der Waals surface area contributed by atoms with E-state index in [1.54, 1.807) is 0 Å². The molecule has 2 unspecified atom stereocenters. The molecule has 0 aromatic rings. The van der Waals surface area contributed by atoms with Crippen molar-refractivity contribution in [1.29, 1.82) is 0 Å². The van der Waals surface area contributed by atoms with E-state index in [9.17, 15) is 4.79 Å². The zero-order valence-electron chi connectivity index (χ0n) is 10.6. The Kier molecular flexibility index (Phi) is 4.66. The van der Waals surface area contributed by atoms with Gasteiger partial charge in [0.05, 0.1) is 6.61 Å². The van der Waals surface area contributed by atoms with Crippen LogP contribution >= 0.6 is 0 Å². The quantitative estimate of drug-likeness (QED) is 0.820. The molecule has 2 atom stereocenters. The Morgan fingerprint density at radius 1 is 1.12 bits per heavy atom. The fourth-order valence-electron chi connectivity index (χ4n) is 2.98. The summed E-state index contributed by atoms with van der Waals surface area (Å²) in [6, 6.07) is 0. The van der Waals surface area contributed by atoms with Crippen molar-refractivity contribution < 1.29 is 9.53 Å². The lowest BCUT2D eigenvalue weighted by Crippen LogP contribution is -2.34. The summed E-state index contributed by atoms with van der Waals surface area (Å²) in [7, 11) is 0. The van der Waals surface area contributed by atoms with Crippen molar-refractivity contribution in [2.45, 2.75) is 38.5 Å². The van der Waals surface area contributed by atoms with Gasteiger partial charge >= 0.3 is 6.09 Å². The predicted octanol–water partition coefficient (Wildman–Crippen LogP) is 1.98. The van der Waals surface area contributed by atoms with Crippen LogP contribution in [0.25, 0.3) is 0 Å². The van der Waals surface area contributed by atoms with Crippen LogP contribution in [0.15, 0.2) is 0 Å². The molecule has 0 spiro atoms. The van der Waals surface area contributed by atoms with Crippen LogP contribution < -0.4 is 5.73 Å². The first-order valence-electron chi connectivity index (χ1n) is 6.93. The summed E-state index contributed by atoms with van der Waals surface area (Å²) in [6.07, 6.45) is 7.00. The Morgan fingerprint density at radius 3 is 2.41 bits per heavy atom. The molecule has 4 nitrogen and oxygen atoms in total. The topological polar surface area (TPSA) is 55.6 Å². The van der Waals surface area contributed by atoms with Crippen molar-refractivity contribution >= 4 is 6.09 Å². The van der Waals surface area contributed by atoms with Gasteiger partial charge in [0.1, 0.15) is 0 Å². The fraction of sp³-hybridized carbons (Fsp3) is 0.923. The summed E-state index contributed by atoms with van der Waals surface area (Å²) >= 11 is 0. The third-order valence-corrected chi connectivity index (χ3v) is 4.15. The summed E-state index contributed by atoms with van der Waals surface area (Å²) in [5, 5.41) is 0. The average Bonchev–Trinajstić information content (AvgIpc) is 2.90. The molecule has 0 radical (unpaired) electrons. The first-order valence-corrected chi connectivity index (χ1v) is 6.93. The number of ether oxygens (including phenoxy) is 1. The lowest BCUT2D eigenvalue weighted by molar-refractivity contribution is 0.0710. The lowest BCUT2D eigenvalue weighted by atomic mass is 9.80. The minimum absolute atomic E-state index is 0.121. The maximum absolute atomic E-state index is 11.8. The average molecular weight is 240 g/mol. The highest BCUT2D eigenvalue weighted by atomic mass is 16.6. The minimum Gasteiger partial charge on any atom is -0.449 e. The number of rotatable bonds is 3. The van der Waals surface area contributed by atoms with Gasteiger partial charge in [-0.15, -0.1) is 0 Å². The molecule has 1 aliphatic carbocycles. The molecule has 98 valence electrons. The van der Waals surface area contributed by atoms with E-state index in [1.807, 2.05) is 4.90 Å². The molecule has 2 N–H and O–H groups in total. The largest absolute Gasteiger partial charge is 0.449 e. The number of hydrogen-bond acceptors (Lipinski definition) is 3. The molecular weight excluding hydrogens is 216 g/mol. The molecule has 1 amide bonds. The third kappa shape index (κ3) is 3.35. The molecule has 4 heteroatoms. The molecule has 2 rings (SSSR count). The number of nitrogens with zero attached hydrogens (tertiary/aromatic N) is 1. The number of nitrogens with two attached hydrogens (primary N) is 1. The summed E-state index contributed by atoms with van der Waals surface area (Å²) in [6.45, 7) is 3.02. The van der Waals surface area contributed by atoms with Gasteiger partial charge < -0.3 is 15.4 Å². The Morgan fingerprint density at radius 2 is 1.76 bits per heavy atom. The van der Waals surface area contributed by atoms with Crippen LogP contribution in [0, 0.1) is 11.8 Å². The fourth-order valence-corrected chi connectivity index (χ4v) is 2.98. The highest BCUT2D eigenvalue weighted by Crippen LogP contribution is 2.29. The molecule has 2 fully saturated rings.